The van der Waals surface area contributed by atoms with Gasteiger partial charge in [0.25, 0.3) is 5.69 Å². The summed E-state index contributed by atoms with van der Waals surface area (Å²) in [4.78, 5) is 29.3. The van der Waals surface area contributed by atoms with E-state index in [0.29, 0.717) is 29.5 Å². The van der Waals surface area contributed by atoms with E-state index in [9.17, 15) is 14.9 Å². The lowest BCUT2D eigenvalue weighted by Gasteiger charge is -2.28. The zero-order valence-electron chi connectivity index (χ0n) is 21.1. The van der Waals surface area contributed by atoms with Gasteiger partial charge in [-0.3, -0.25) is 19.9 Å². The first kappa shape index (κ1) is 26.1. The van der Waals surface area contributed by atoms with Gasteiger partial charge in [-0.25, -0.2) is 0 Å². The van der Waals surface area contributed by atoms with Gasteiger partial charge in [-0.05, 0) is 62.3 Å². The topological polar surface area (TPSA) is 112 Å². The minimum absolute atomic E-state index is 0.0411. The number of hydrogen-bond donors (Lipinski definition) is 1. The van der Waals surface area contributed by atoms with E-state index in [0.717, 1.165) is 22.6 Å². The van der Waals surface area contributed by atoms with Gasteiger partial charge in [-0.1, -0.05) is 6.07 Å². The molecule has 0 saturated carbocycles. The predicted octanol–water partition coefficient (Wildman–Crippen LogP) is 4.33. The smallest absolute Gasteiger partial charge is 0.305 e. The number of nitro groups is 1. The molecule has 2 aromatic heterocycles. The Balaban J connectivity index is 1.79. The van der Waals surface area contributed by atoms with Crippen LogP contribution in [-0.2, 0) is 9.53 Å². The van der Waals surface area contributed by atoms with Crippen LogP contribution in [0.25, 0.3) is 5.69 Å². The fraction of sp³-hybridized carbons (Fsp3) is 0.346. The van der Waals surface area contributed by atoms with Crippen LogP contribution < -0.4 is 10.1 Å². The number of aryl methyl sites for hydroxylation is 1. The van der Waals surface area contributed by atoms with Crippen molar-refractivity contribution in [1.29, 1.82) is 0 Å². The molecule has 1 N–H and O–H groups in total. The molecule has 1 saturated heterocycles. The Morgan fingerprint density at radius 3 is 2.65 bits per heavy atom. The molecule has 2 atom stereocenters. The first-order chi connectivity index (χ1) is 17.8. The maximum Gasteiger partial charge on any atom is 0.305 e. The van der Waals surface area contributed by atoms with Crippen LogP contribution in [-0.4, -0.2) is 51.2 Å². The van der Waals surface area contributed by atoms with E-state index in [1.807, 2.05) is 36.6 Å². The summed E-state index contributed by atoms with van der Waals surface area (Å²) in [6.45, 7) is 4.54. The molecule has 1 fully saturated rings. The summed E-state index contributed by atoms with van der Waals surface area (Å²) in [6, 6.07) is 12.1. The highest BCUT2D eigenvalue weighted by Gasteiger charge is 2.41. The number of benzene rings is 1. The van der Waals surface area contributed by atoms with Crippen LogP contribution in [0.15, 0.2) is 48.7 Å². The third-order valence-electron chi connectivity index (χ3n) is 6.61. The number of carbonyl (C=O) groups excluding carboxylic acids is 1. The second kappa shape index (κ2) is 11.0. The van der Waals surface area contributed by atoms with E-state index in [2.05, 4.69) is 21.3 Å². The predicted molar refractivity (Wildman–Crippen MR) is 142 cm³/mol. The highest BCUT2D eigenvalue weighted by Crippen LogP contribution is 2.42. The molecule has 11 heteroatoms. The molecule has 0 aliphatic carbocycles. The normalized spacial score (nSPS) is 17.0. The molecule has 0 amide bonds. The van der Waals surface area contributed by atoms with E-state index in [1.54, 1.807) is 12.3 Å². The van der Waals surface area contributed by atoms with Gasteiger partial charge in [0, 0.05) is 36.6 Å². The summed E-state index contributed by atoms with van der Waals surface area (Å²) in [5, 5.41) is 15.3. The third-order valence-corrected chi connectivity index (χ3v) is 6.96. The number of non-ortho nitro benzene ring substituents is 1. The number of thiocarbonyl (C=S) groups is 1. The zero-order chi connectivity index (χ0) is 26.7. The van der Waals surface area contributed by atoms with Crippen LogP contribution in [0.4, 0.5) is 5.69 Å². The highest BCUT2D eigenvalue weighted by atomic mass is 32.1. The first-order valence-corrected chi connectivity index (χ1v) is 12.2. The number of esters is 1. The fourth-order valence-electron chi connectivity index (χ4n) is 4.90. The van der Waals surface area contributed by atoms with E-state index >= 15 is 0 Å². The summed E-state index contributed by atoms with van der Waals surface area (Å²) in [7, 11) is 2.88. The van der Waals surface area contributed by atoms with Crippen LogP contribution >= 0.6 is 12.2 Å². The largest absolute Gasteiger partial charge is 0.494 e. The SMILES string of the molecule is COC(=O)CCCN1C(=S)N[C@@H](c2ccccn2)[C@H]1c1cc(C)n(-c2ccc([N+](=O)[O-])cc2OC)c1C. The highest BCUT2D eigenvalue weighted by molar-refractivity contribution is 7.80. The zero-order valence-corrected chi connectivity index (χ0v) is 21.9. The molecule has 0 bridgehead atoms. The van der Waals surface area contributed by atoms with Crippen LogP contribution in [0.3, 0.4) is 0 Å². The van der Waals surface area contributed by atoms with Gasteiger partial charge in [-0.15, -0.1) is 0 Å². The number of pyridine rings is 1. The van der Waals surface area contributed by atoms with Crippen LogP contribution in [0.5, 0.6) is 5.75 Å². The molecule has 1 aromatic carbocycles. The first-order valence-electron chi connectivity index (χ1n) is 11.8. The summed E-state index contributed by atoms with van der Waals surface area (Å²) in [5.41, 5.74) is 4.42. The number of methoxy groups -OCH3 is 2. The van der Waals surface area contributed by atoms with Crippen LogP contribution in [0.2, 0.25) is 0 Å². The second-order valence-corrected chi connectivity index (χ2v) is 9.16. The monoisotopic (exact) mass is 523 g/mol. The number of nitro benzene ring substituents is 1. The summed E-state index contributed by atoms with van der Waals surface area (Å²) >= 11 is 5.74. The molecule has 10 nitrogen and oxygen atoms in total. The molecule has 0 radical (unpaired) electrons. The van der Waals surface area contributed by atoms with Gasteiger partial charge in [0.05, 0.1) is 48.7 Å². The summed E-state index contributed by atoms with van der Waals surface area (Å²) < 4.78 is 12.4. The number of carbonyl (C=O) groups is 1. The molecule has 3 heterocycles. The molecule has 3 aromatic rings. The quantitative estimate of drug-likeness (QED) is 0.190. The van der Waals surface area contributed by atoms with Crippen LogP contribution in [0.1, 0.15) is 47.6 Å². The summed E-state index contributed by atoms with van der Waals surface area (Å²) in [5.74, 6) is 0.137. The number of aromatic nitrogens is 2. The Bertz CT molecular complexity index is 1330. The summed E-state index contributed by atoms with van der Waals surface area (Å²) in [6.07, 6.45) is 2.62. The van der Waals surface area contributed by atoms with Crippen molar-refractivity contribution in [2.75, 3.05) is 20.8 Å². The van der Waals surface area contributed by atoms with Crippen molar-refractivity contribution in [2.24, 2.45) is 0 Å². The Labute approximate surface area is 220 Å². The van der Waals surface area contributed by atoms with E-state index in [-0.39, 0.29) is 30.2 Å². The van der Waals surface area contributed by atoms with Crippen molar-refractivity contribution in [3.05, 3.63) is 81.4 Å². The van der Waals surface area contributed by atoms with Crippen molar-refractivity contribution in [3.63, 3.8) is 0 Å². The number of hydrogen-bond acceptors (Lipinski definition) is 7. The molecular formula is C26H29N5O5S. The van der Waals surface area contributed by atoms with Crippen molar-refractivity contribution in [3.8, 4) is 11.4 Å². The second-order valence-electron chi connectivity index (χ2n) is 8.77. The van der Waals surface area contributed by atoms with Gasteiger partial charge in [0.2, 0.25) is 0 Å². The van der Waals surface area contributed by atoms with E-state index in [4.69, 9.17) is 21.7 Å². The Kier molecular flexibility index (Phi) is 7.72. The fourth-order valence-corrected chi connectivity index (χ4v) is 5.23. The van der Waals surface area contributed by atoms with Crippen molar-refractivity contribution in [2.45, 2.75) is 38.8 Å². The molecule has 1 aliphatic rings. The lowest BCUT2D eigenvalue weighted by molar-refractivity contribution is -0.384. The third kappa shape index (κ3) is 5.12. The lowest BCUT2D eigenvalue weighted by Crippen LogP contribution is -2.31. The maximum absolute atomic E-state index is 11.7. The standard InChI is InChI=1S/C26H29N5O5S/c1-16-14-19(17(2)30(16)21-11-10-18(31(33)34)15-22(21)35-3)25-24(20-8-5-6-12-27-20)28-26(37)29(25)13-7-9-23(32)36-4/h5-6,8,10-12,14-15,24-25H,7,9,13H2,1-4H3,(H,28,37)/t24-,25+/m0/s1. The average Bonchev–Trinajstić information content (AvgIpc) is 3.38. The van der Waals surface area contributed by atoms with Gasteiger partial charge in [0.1, 0.15) is 5.75 Å². The molecule has 4 rings (SSSR count). The minimum atomic E-state index is -0.443. The van der Waals surface area contributed by atoms with Gasteiger partial charge in [-0.2, -0.15) is 0 Å². The maximum atomic E-state index is 11.7. The van der Waals surface area contributed by atoms with Gasteiger partial charge < -0.3 is 24.3 Å². The Morgan fingerprint density at radius 2 is 2.00 bits per heavy atom. The van der Waals surface area contributed by atoms with Gasteiger partial charge in [0.15, 0.2) is 5.11 Å². The Hall–Kier alpha value is -3.99. The molecular weight excluding hydrogens is 494 g/mol. The van der Waals surface area contributed by atoms with E-state index in [1.165, 1.54) is 26.4 Å². The number of nitrogens with zero attached hydrogens (tertiary/aromatic N) is 4. The number of rotatable bonds is 9. The van der Waals surface area contributed by atoms with Crippen molar-refractivity contribution in [1.82, 2.24) is 19.8 Å². The van der Waals surface area contributed by atoms with Crippen LogP contribution in [0, 0.1) is 24.0 Å². The molecule has 194 valence electrons. The number of nitrogens with one attached hydrogen (secondary N) is 1. The van der Waals surface area contributed by atoms with E-state index < -0.39 is 4.92 Å². The lowest BCUT2D eigenvalue weighted by atomic mass is 9.96. The number of ether oxygens (including phenoxy) is 2. The minimum Gasteiger partial charge on any atom is -0.494 e. The van der Waals surface area contributed by atoms with Gasteiger partial charge >= 0.3 is 5.97 Å². The molecule has 0 unspecified atom stereocenters. The Morgan fingerprint density at radius 1 is 1.22 bits per heavy atom. The van der Waals surface area contributed by atoms with Crippen molar-refractivity contribution >= 4 is 29.0 Å². The van der Waals surface area contributed by atoms with Crippen molar-refractivity contribution < 1.29 is 19.2 Å². The molecule has 37 heavy (non-hydrogen) atoms. The molecule has 1 aliphatic heterocycles. The molecule has 0 spiro atoms. The average molecular weight is 524 g/mol.